The number of hydrogen-bond donors (Lipinski definition) is 9. The Morgan fingerprint density at radius 2 is 1.18 bits per heavy atom. The maximum atomic E-state index is 14.4. The number of hydrogen-bond acceptors (Lipinski definition) is 11. The number of likely N-dealkylation sites (N-methyl/N-ethyl adjacent to an activating group) is 1. The lowest BCUT2D eigenvalue weighted by atomic mass is 9.85. The third kappa shape index (κ3) is 23.3. The molecule has 1 saturated carbocycles. The highest BCUT2D eigenvalue weighted by molar-refractivity contribution is 6.01. The summed E-state index contributed by atoms with van der Waals surface area (Å²) in [6.45, 7) is 19.4. The molecule has 1 aliphatic heterocycles. The number of carbonyl (C=O) groups is 10. The maximum Gasteiger partial charge on any atom is 0.254 e. The Balaban J connectivity index is 1.72. The Morgan fingerprint density at radius 3 is 1.73 bits per heavy atom. The first-order valence-corrected chi connectivity index (χ1v) is 29.9. The van der Waals surface area contributed by atoms with Gasteiger partial charge in [0.05, 0.1) is 6.54 Å². The smallest absolute Gasteiger partial charge is 0.254 e. The van der Waals surface area contributed by atoms with Crippen LogP contribution in [0.3, 0.4) is 0 Å². The molecule has 2 fully saturated rings. The second-order valence-electron chi connectivity index (χ2n) is 25.5. The van der Waals surface area contributed by atoms with E-state index in [0.29, 0.717) is 38.1 Å². The van der Waals surface area contributed by atoms with Gasteiger partial charge in [0.25, 0.3) is 12.3 Å². The standard InChI is InChI=1S/C60H98F3N11O10/c1-14-29-60(12,56(84)68-44(35-38(4)5)50(78)70-58(8,9)54(82)71-57(6,7)53(81)65-30-28-47(75)64-31-33-73(13)36-46(62)63)72-55(83)59(10,11)69-49(77)43(34-37(2)3)67-48(76)42(27-22-39-19-16-15-17-20-39)66-51(79)45-21-18-32-74(45)52(80)40-23-25-41(61)26-24-40/h23-26,37-39,42-46H,14-22,27-36H2,1-13H3,(H,64,75)(H,65,81)(H,66,79)(H,67,76)(H,68,84)(H,69,77)(H,70,78)(H,71,82)(H,72,83)/t42?,43?,44?,45-,60?/m0/s1. The van der Waals surface area contributed by atoms with Gasteiger partial charge in [-0.1, -0.05) is 73.1 Å². The summed E-state index contributed by atoms with van der Waals surface area (Å²) in [6.07, 6.45) is 5.18. The fourth-order valence-corrected chi connectivity index (χ4v) is 10.3. The van der Waals surface area contributed by atoms with Crippen molar-refractivity contribution in [3.05, 3.63) is 35.6 Å². The fourth-order valence-electron chi connectivity index (χ4n) is 10.3. The van der Waals surface area contributed by atoms with Crippen molar-refractivity contribution in [1.29, 1.82) is 0 Å². The van der Waals surface area contributed by atoms with Crippen molar-refractivity contribution < 1.29 is 61.1 Å². The molecule has 5 atom stereocenters. The number of amides is 10. The predicted octanol–water partition coefficient (Wildman–Crippen LogP) is 4.52. The van der Waals surface area contributed by atoms with Crippen molar-refractivity contribution in [3.63, 3.8) is 0 Å². The molecule has 4 unspecified atom stereocenters. The van der Waals surface area contributed by atoms with Gasteiger partial charge in [-0.2, -0.15) is 0 Å². The Labute approximate surface area is 495 Å². The van der Waals surface area contributed by atoms with Crippen LogP contribution in [-0.2, 0) is 43.2 Å². The number of benzene rings is 1. The van der Waals surface area contributed by atoms with Gasteiger partial charge in [-0.05, 0) is 142 Å². The van der Waals surface area contributed by atoms with E-state index in [1.807, 2.05) is 27.7 Å². The molecule has 84 heavy (non-hydrogen) atoms. The number of rotatable bonds is 33. The highest BCUT2D eigenvalue weighted by Gasteiger charge is 2.44. The number of halogens is 3. The molecule has 9 N–H and O–H groups in total. The monoisotopic (exact) mass is 1190 g/mol. The fraction of sp³-hybridized carbons (Fsp3) is 0.733. The first kappa shape index (κ1) is 71.9. The van der Waals surface area contributed by atoms with Gasteiger partial charge >= 0.3 is 0 Å². The summed E-state index contributed by atoms with van der Waals surface area (Å²) in [5.41, 5.74) is -6.27. The van der Waals surface area contributed by atoms with E-state index in [1.165, 1.54) is 89.6 Å². The minimum atomic E-state index is -2.51. The van der Waals surface area contributed by atoms with Crippen LogP contribution in [0.25, 0.3) is 0 Å². The minimum Gasteiger partial charge on any atom is -0.355 e. The van der Waals surface area contributed by atoms with Gasteiger partial charge in [-0.25, -0.2) is 13.2 Å². The van der Waals surface area contributed by atoms with Crippen LogP contribution in [0.2, 0.25) is 0 Å². The van der Waals surface area contributed by atoms with Crippen LogP contribution in [0.5, 0.6) is 0 Å². The van der Waals surface area contributed by atoms with E-state index in [0.717, 1.165) is 32.1 Å². The molecular weight excluding hydrogens is 1090 g/mol. The van der Waals surface area contributed by atoms with Crippen molar-refractivity contribution in [1.82, 2.24) is 57.7 Å². The van der Waals surface area contributed by atoms with E-state index >= 15 is 0 Å². The van der Waals surface area contributed by atoms with Crippen LogP contribution in [0.1, 0.15) is 183 Å². The first-order chi connectivity index (χ1) is 39.1. The first-order valence-electron chi connectivity index (χ1n) is 29.9. The molecule has 1 aromatic rings. The maximum absolute atomic E-state index is 14.4. The van der Waals surface area contributed by atoms with Crippen LogP contribution < -0.4 is 47.9 Å². The second-order valence-corrected chi connectivity index (χ2v) is 25.5. The summed E-state index contributed by atoms with van der Waals surface area (Å²) in [6, 6.07) is 0.745. The SMILES string of the molecule is CCCC(C)(NC(=O)C(C)(C)NC(=O)C(CC(C)C)NC(=O)C(CCC1CCCCC1)NC(=O)[C@@H]1CCCN1C(=O)c1ccc(F)cc1)C(=O)NC(CC(C)C)C(=O)NC(C)(C)C(=O)NC(C)(C)C(=O)NCCC(=O)NCCN(C)CC(F)F. The molecule has 1 aromatic carbocycles. The lowest BCUT2D eigenvalue weighted by Crippen LogP contribution is -2.67. The molecule has 0 aromatic heterocycles. The van der Waals surface area contributed by atoms with E-state index in [9.17, 15) is 61.1 Å². The van der Waals surface area contributed by atoms with Gasteiger partial charge in [-0.3, -0.25) is 52.8 Å². The normalized spacial score (nSPS) is 16.9. The summed E-state index contributed by atoms with van der Waals surface area (Å²) in [5.74, 6) is -6.69. The van der Waals surface area contributed by atoms with Crippen molar-refractivity contribution in [3.8, 4) is 0 Å². The summed E-state index contributed by atoms with van der Waals surface area (Å²) in [4.78, 5) is 141. The van der Waals surface area contributed by atoms with Crippen LogP contribution in [0.4, 0.5) is 13.2 Å². The molecule has 10 amide bonds. The molecule has 1 saturated heterocycles. The molecule has 24 heteroatoms. The third-order valence-electron chi connectivity index (χ3n) is 15.3. The number of nitrogens with zero attached hydrogens (tertiary/aromatic N) is 2. The number of nitrogens with one attached hydrogen (secondary N) is 9. The minimum absolute atomic E-state index is 0.0871. The molecular formula is C60H98F3N11O10. The van der Waals surface area contributed by atoms with Crippen LogP contribution in [0, 0.1) is 23.6 Å². The Morgan fingerprint density at radius 1 is 0.631 bits per heavy atom. The zero-order valence-corrected chi connectivity index (χ0v) is 52.0. The average Bonchev–Trinajstić information content (AvgIpc) is 3.97. The topological polar surface area (TPSA) is 285 Å². The molecule has 0 spiro atoms. The molecule has 1 aliphatic carbocycles. The van der Waals surface area contributed by atoms with E-state index in [-0.39, 0.29) is 69.1 Å². The Hall–Kier alpha value is -6.33. The quantitative estimate of drug-likeness (QED) is 0.0472. The summed E-state index contributed by atoms with van der Waals surface area (Å²) < 4.78 is 38.9. The zero-order chi connectivity index (χ0) is 63.3. The van der Waals surface area contributed by atoms with Crippen molar-refractivity contribution in [2.45, 2.75) is 226 Å². The highest BCUT2D eigenvalue weighted by Crippen LogP contribution is 2.29. The van der Waals surface area contributed by atoms with E-state index < -0.39 is 124 Å². The van der Waals surface area contributed by atoms with Gasteiger partial charge in [-0.15, -0.1) is 0 Å². The predicted molar refractivity (Wildman–Crippen MR) is 313 cm³/mol. The number of alkyl halides is 2. The lowest BCUT2D eigenvalue weighted by Gasteiger charge is -2.36. The zero-order valence-electron chi connectivity index (χ0n) is 52.0. The van der Waals surface area contributed by atoms with Gasteiger partial charge in [0.2, 0.25) is 53.2 Å². The molecule has 21 nitrogen and oxygen atoms in total. The van der Waals surface area contributed by atoms with Gasteiger partial charge < -0.3 is 52.8 Å². The molecule has 0 bridgehead atoms. The lowest BCUT2D eigenvalue weighted by molar-refractivity contribution is -0.141. The summed E-state index contributed by atoms with van der Waals surface area (Å²) in [7, 11) is 1.50. The molecule has 3 rings (SSSR count). The van der Waals surface area contributed by atoms with Crippen molar-refractivity contribution in [2.75, 3.05) is 39.8 Å². The Bertz CT molecular complexity index is 2420. The number of carbonyl (C=O) groups excluding carboxylic acids is 10. The summed E-state index contributed by atoms with van der Waals surface area (Å²) in [5, 5.41) is 24.7. The van der Waals surface area contributed by atoms with Crippen molar-refractivity contribution in [2.24, 2.45) is 17.8 Å². The van der Waals surface area contributed by atoms with Crippen LogP contribution >= 0.6 is 0 Å². The second kappa shape index (κ2) is 32.8. The Kier molecular flexibility index (Phi) is 28.1. The van der Waals surface area contributed by atoms with Crippen LogP contribution in [0.15, 0.2) is 24.3 Å². The average molecular weight is 1190 g/mol. The third-order valence-corrected chi connectivity index (χ3v) is 15.3. The van der Waals surface area contributed by atoms with Gasteiger partial charge in [0, 0.05) is 38.2 Å². The van der Waals surface area contributed by atoms with Gasteiger partial charge in [0.15, 0.2) is 0 Å². The molecule has 0 radical (unpaired) electrons. The molecule has 474 valence electrons. The largest absolute Gasteiger partial charge is 0.355 e. The van der Waals surface area contributed by atoms with E-state index in [4.69, 9.17) is 0 Å². The summed E-state index contributed by atoms with van der Waals surface area (Å²) >= 11 is 0. The molecule has 1 heterocycles. The highest BCUT2D eigenvalue weighted by atomic mass is 19.3. The van der Waals surface area contributed by atoms with E-state index in [2.05, 4.69) is 47.9 Å². The molecule has 2 aliphatic rings. The number of likely N-dealkylation sites (tertiary alicyclic amines) is 1. The van der Waals surface area contributed by atoms with E-state index in [1.54, 1.807) is 6.92 Å². The van der Waals surface area contributed by atoms with Crippen molar-refractivity contribution >= 4 is 59.1 Å². The van der Waals surface area contributed by atoms with Crippen LogP contribution in [-0.4, -0.2) is 161 Å². The van der Waals surface area contributed by atoms with Gasteiger partial charge in [0.1, 0.15) is 52.1 Å².